The van der Waals surface area contributed by atoms with Gasteiger partial charge in [-0.05, 0) is 37.6 Å². The zero-order chi connectivity index (χ0) is 18.8. The van der Waals surface area contributed by atoms with Gasteiger partial charge in [0.15, 0.2) is 0 Å². The molecule has 0 spiro atoms. The quantitative estimate of drug-likeness (QED) is 0.707. The molecule has 1 fully saturated rings. The van der Waals surface area contributed by atoms with E-state index in [0.29, 0.717) is 6.04 Å². The summed E-state index contributed by atoms with van der Waals surface area (Å²) in [5.41, 5.74) is 2.05. The normalized spacial score (nSPS) is 17.8. The van der Waals surface area contributed by atoms with Gasteiger partial charge >= 0.3 is 0 Å². The van der Waals surface area contributed by atoms with E-state index >= 15 is 0 Å². The van der Waals surface area contributed by atoms with E-state index in [-0.39, 0.29) is 11.8 Å². The summed E-state index contributed by atoms with van der Waals surface area (Å²) in [7, 11) is 0. The molecule has 1 aliphatic rings. The number of nitrogens with zero attached hydrogens (tertiary/aromatic N) is 3. The van der Waals surface area contributed by atoms with E-state index in [2.05, 4.69) is 22.9 Å². The molecule has 2 unspecified atom stereocenters. The lowest BCUT2D eigenvalue weighted by Crippen LogP contribution is -2.50. The lowest BCUT2D eigenvalue weighted by atomic mass is 10.1. The zero-order valence-electron chi connectivity index (χ0n) is 15.8. The molecule has 5 nitrogen and oxygen atoms in total. The van der Waals surface area contributed by atoms with E-state index in [1.54, 1.807) is 6.20 Å². The molecule has 0 saturated carbocycles. The van der Waals surface area contributed by atoms with E-state index in [1.807, 2.05) is 54.4 Å². The van der Waals surface area contributed by atoms with Crippen LogP contribution in [0.25, 0.3) is 11.0 Å². The van der Waals surface area contributed by atoms with Crippen molar-refractivity contribution in [3.63, 3.8) is 0 Å². The number of carbonyl (C=O) groups is 1. The van der Waals surface area contributed by atoms with Crippen LogP contribution in [0.1, 0.15) is 37.1 Å². The minimum atomic E-state index is -0.264. The first-order valence-corrected chi connectivity index (χ1v) is 9.54. The van der Waals surface area contributed by atoms with Crippen LogP contribution in [0, 0.1) is 0 Å². The van der Waals surface area contributed by atoms with Gasteiger partial charge in [0.25, 0.3) is 0 Å². The fourth-order valence-electron chi connectivity index (χ4n) is 3.77. The molecular formula is C22H25N3O2. The predicted molar refractivity (Wildman–Crippen MR) is 105 cm³/mol. The Balaban J connectivity index is 1.39. The molecule has 0 radical (unpaired) electrons. The van der Waals surface area contributed by atoms with Crippen LogP contribution in [-0.4, -0.2) is 46.9 Å². The van der Waals surface area contributed by atoms with Gasteiger partial charge in [0, 0.05) is 50.0 Å². The van der Waals surface area contributed by atoms with E-state index in [4.69, 9.17) is 4.42 Å². The molecular weight excluding hydrogens is 338 g/mol. The van der Waals surface area contributed by atoms with Crippen LogP contribution in [0.4, 0.5) is 0 Å². The first-order valence-electron chi connectivity index (χ1n) is 9.54. The maximum atomic E-state index is 13.0. The van der Waals surface area contributed by atoms with Crippen LogP contribution < -0.4 is 0 Å². The van der Waals surface area contributed by atoms with Gasteiger partial charge < -0.3 is 9.32 Å². The van der Waals surface area contributed by atoms with Crippen LogP contribution in [0.15, 0.2) is 59.3 Å². The maximum Gasteiger partial charge on any atom is 0.233 e. The minimum absolute atomic E-state index is 0.141. The van der Waals surface area contributed by atoms with Crippen LogP contribution in [0.5, 0.6) is 0 Å². The lowest BCUT2D eigenvalue weighted by Gasteiger charge is -2.38. The highest BCUT2D eigenvalue weighted by Gasteiger charge is 2.29. The fraction of sp³-hybridized carbons (Fsp3) is 0.364. The third-order valence-corrected chi connectivity index (χ3v) is 5.58. The van der Waals surface area contributed by atoms with E-state index < -0.39 is 0 Å². The molecule has 1 amide bonds. The molecule has 1 aromatic carbocycles. The summed E-state index contributed by atoms with van der Waals surface area (Å²) in [5, 5.41) is 1.04. The third kappa shape index (κ3) is 3.60. The standard InChI is InChI=1S/C22H25N3O2/c1-16(21-14-18-6-3-4-8-20(18)27-21)22(26)25-12-10-24(11-13-25)17(2)19-7-5-9-23-15-19/h3-9,14-17H,10-13H2,1-2H3. The number of benzene rings is 1. The monoisotopic (exact) mass is 363 g/mol. The average Bonchev–Trinajstić information content (AvgIpc) is 3.17. The second-order valence-electron chi connectivity index (χ2n) is 7.23. The molecule has 27 heavy (non-hydrogen) atoms. The number of aromatic nitrogens is 1. The summed E-state index contributed by atoms with van der Waals surface area (Å²) in [6, 6.07) is 14.3. The van der Waals surface area contributed by atoms with Gasteiger partial charge in [-0.15, -0.1) is 0 Å². The van der Waals surface area contributed by atoms with Crippen molar-refractivity contribution >= 4 is 16.9 Å². The van der Waals surface area contributed by atoms with Crippen molar-refractivity contribution in [3.8, 4) is 0 Å². The molecule has 0 N–H and O–H groups in total. The Bertz CT molecular complexity index is 880. The average molecular weight is 363 g/mol. The Morgan fingerprint density at radius 2 is 1.85 bits per heavy atom. The Hall–Kier alpha value is -2.66. The van der Waals surface area contributed by atoms with Crippen LogP contribution in [0.2, 0.25) is 0 Å². The summed E-state index contributed by atoms with van der Waals surface area (Å²) < 4.78 is 5.89. The number of piperazine rings is 1. The second kappa shape index (κ2) is 7.53. The van der Waals surface area contributed by atoms with Crippen LogP contribution in [0.3, 0.4) is 0 Å². The third-order valence-electron chi connectivity index (χ3n) is 5.58. The number of hydrogen-bond donors (Lipinski definition) is 0. The molecule has 140 valence electrons. The number of pyridine rings is 1. The summed E-state index contributed by atoms with van der Waals surface area (Å²) in [5.74, 6) is 0.620. The predicted octanol–water partition coefficient (Wildman–Crippen LogP) is 3.84. The Labute approximate surface area is 159 Å². The number of rotatable bonds is 4. The summed E-state index contributed by atoms with van der Waals surface area (Å²) in [6.45, 7) is 7.36. The highest BCUT2D eigenvalue weighted by molar-refractivity contribution is 5.85. The first kappa shape index (κ1) is 17.7. The van der Waals surface area contributed by atoms with E-state index in [0.717, 1.165) is 42.9 Å². The van der Waals surface area contributed by atoms with Gasteiger partial charge in [-0.1, -0.05) is 24.3 Å². The number of furan rings is 1. The van der Waals surface area contributed by atoms with Gasteiger partial charge in [-0.25, -0.2) is 0 Å². The zero-order valence-corrected chi connectivity index (χ0v) is 15.8. The SMILES string of the molecule is CC(C(=O)N1CCN(C(C)c2cccnc2)CC1)c1cc2ccccc2o1. The number of hydrogen-bond acceptors (Lipinski definition) is 4. The largest absolute Gasteiger partial charge is 0.460 e. The highest BCUT2D eigenvalue weighted by atomic mass is 16.3. The molecule has 3 aromatic rings. The second-order valence-corrected chi connectivity index (χ2v) is 7.23. The van der Waals surface area contributed by atoms with Crippen molar-refractivity contribution in [1.29, 1.82) is 0 Å². The Kier molecular flexibility index (Phi) is 4.94. The Morgan fingerprint density at radius 1 is 1.07 bits per heavy atom. The van der Waals surface area contributed by atoms with Gasteiger partial charge in [0.05, 0.1) is 5.92 Å². The number of carbonyl (C=O) groups excluding carboxylic acids is 1. The molecule has 3 heterocycles. The molecule has 1 aliphatic heterocycles. The van der Waals surface area contributed by atoms with E-state index in [1.165, 1.54) is 5.56 Å². The minimum Gasteiger partial charge on any atom is -0.460 e. The Morgan fingerprint density at radius 3 is 2.56 bits per heavy atom. The summed E-state index contributed by atoms with van der Waals surface area (Å²) >= 11 is 0. The maximum absolute atomic E-state index is 13.0. The van der Waals surface area contributed by atoms with Gasteiger partial charge in [0.2, 0.25) is 5.91 Å². The van der Waals surface area contributed by atoms with Crippen molar-refractivity contribution in [2.45, 2.75) is 25.8 Å². The van der Waals surface area contributed by atoms with Gasteiger partial charge in [0.1, 0.15) is 11.3 Å². The highest BCUT2D eigenvalue weighted by Crippen LogP contribution is 2.27. The topological polar surface area (TPSA) is 49.6 Å². The van der Waals surface area contributed by atoms with Crippen molar-refractivity contribution < 1.29 is 9.21 Å². The van der Waals surface area contributed by atoms with Crippen LogP contribution in [-0.2, 0) is 4.79 Å². The molecule has 0 bridgehead atoms. The van der Waals surface area contributed by atoms with Crippen molar-refractivity contribution in [3.05, 3.63) is 66.2 Å². The van der Waals surface area contributed by atoms with E-state index in [9.17, 15) is 4.79 Å². The number of para-hydroxylation sites is 1. The molecule has 2 atom stereocenters. The molecule has 5 heteroatoms. The van der Waals surface area contributed by atoms with Crippen molar-refractivity contribution in [2.75, 3.05) is 26.2 Å². The van der Waals surface area contributed by atoms with Crippen LogP contribution >= 0.6 is 0 Å². The molecule has 1 saturated heterocycles. The molecule has 4 rings (SSSR count). The fourth-order valence-corrected chi connectivity index (χ4v) is 3.77. The first-order chi connectivity index (χ1) is 13.1. The number of fused-ring (bicyclic) bond motifs is 1. The smallest absolute Gasteiger partial charge is 0.233 e. The summed E-state index contributed by atoms with van der Waals surface area (Å²) in [6.07, 6.45) is 3.72. The molecule has 0 aliphatic carbocycles. The molecule has 2 aromatic heterocycles. The van der Waals surface area contributed by atoms with Gasteiger partial charge in [-0.3, -0.25) is 14.7 Å². The van der Waals surface area contributed by atoms with Crippen molar-refractivity contribution in [1.82, 2.24) is 14.8 Å². The number of amides is 1. The van der Waals surface area contributed by atoms with Crippen molar-refractivity contribution in [2.24, 2.45) is 0 Å². The lowest BCUT2D eigenvalue weighted by molar-refractivity contribution is -0.134. The van der Waals surface area contributed by atoms with Gasteiger partial charge in [-0.2, -0.15) is 0 Å². The summed E-state index contributed by atoms with van der Waals surface area (Å²) in [4.78, 5) is 21.5.